The molecule has 3 heterocycles. The molecule has 0 spiro atoms. The highest BCUT2D eigenvalue weighted by Crippen LogP contribution is 2.23. The highest BCUT2D eigenvalue weighted by Gasteiger charge is 2.32. The summed E-state index contributed by atoms with van der Waals surface area (Å²) in [5, 5.41) is 0. The summed E-state index contributed by atoms with van der Waals surface area (Å²) >= 11 is 0. The van der Waals surface area contributed by atoms with Crippen molar-refractivity contribution in [2.75, 3.05) is 70.6 Å². The molecule has 1 aromatic carbocycles. The largest absolute Gasteiger partial charge is 0.378 e. The van der Waals surface area contributed by atoms with E-state index in [1.807, 2.05) is 34.1 Å². The Balaban J connectivity index is 1.37. The van der Waals surface area contributed by atoms with Gasteiger partial charge in [0.25, 0.3) is 5.91 Å². The third kappa shape index (κ3) is 4.31. The molecule has 3 aliphatic heterocycles. The van der Waals surface area contributed by atoms with E-state index in [0.717, 1.165) is 51.4 Å². The molecule has 7 nitrogen and oxygen atoms in total. The van der Waals surface area contributed by atoms with E-state index >= 15 is 0 Å². The van der Waals surface area contributed by atoms with Crippen LogP contribution in [0.5, 0.6) is 0 Å². The first-order valence-electron chi connectivity index (χ1n) is 10.3. The summed E-state index contributed by atoms with van der Waals surface area (Å²) in [6.07, 6.45) is 1.73. The van der Waals surface area contributed by atoms with Gasteiger partial charge in [-0.05, 0) is 37.1 Å². The van der Waals surface area contributed by atoms with Crippen molar-refractivity contribution in [3.63, 3.8) is 0 Å². The van der Waals surface area contributed by atoms with Crippen LogP contribution in [0.3, 0.4) is 0 Å². The minimum atomic E-state index is -0.0941. The number of hydrogen-bond donors (Lipinski definition) is 0. The van der Waals surface area contributed by atoms with Gasteiger partial charge in [-0.15, -0.1) is 0 Å². The Hall–Kier alpha value is -2.12. The van der Waals surface area contributed by atoms with Crippen LogP contribution in [-0.4, -0.2) is 87.3 Å². The fraction of sp³-hybridized carbons (Fsp3) is 0.619. The molecule has 1 unspecified atom stereocenters. The van der Waals surface area contributed by atoms with Crippen molar-refractivity contribution < 1.29 is 19.1 Å². The number of nitrogens with zero attached hydrogens (tertiary/aromatic N) is 3. The number of piperidine rings is 1. The Morgan fingerprint density at radius 3 is 2.14 bits per heavy atom. The standard InChI is InChI=1S/C21H29N3O4/c25-20(17-3-5-19(6-4-17)22-8-12-27-13-9-22)24-7-1-2-18(16-24)21(26)23-10-14-28-15-11-23/h3-6,18H,1-2,7-16H2. The average Bonchev–Trinajstić information content (AvgIpc) is 2.79. The minimum Gasteiger partial charge on any atom is -0.378 e. The van der Waals surface area contributed by atoms with E-state index in [0.29, 0.717) is 38.4 Å². The van der Waals surface area contributed by atoms with Gasteiger partial charge in [0.05, 0.1) is 32.3 Å². The second kappa shape index (κ2) is 8.92. The fourth-order valence-corrected chi connectivity index (χ4v) is 4.22. The molecule has 4 rings (SSSR count). The molecule has 3 aliphatic rings. The van der Waals surface area contributed by atoms with Gasteiger partial charge in [0.2, 0.25) is 5.91 Å². The first-order chi connectivity index (χ1) is 13.7. The number of amides is 2. The molecule has 7 heteroatoms. The van der Waals surface area contributed by atoms with E-state index < -0.39 is 0 Å². The number of rotatable bonds is 3. The van der Waals surface area contributed by atoms with Crippen molar-refractivity contribution in [3.05, 3.63) is 29.8 Å². The van der Waals surface area contributed by atoms with Gasteiger partial charge in [0.1, 0.15) is 0 Å². The van der Waals surface area contributed by atoms with Gasteiger partial charge in [0, 0.05) is 50.5 Å². The van der Waals surface area contributed by atoms with Crippen molar-refractivity contribution in [2.45, 2.75) is 12.8 Å². The van der Waals surface area contributed by atoms with Crippen molar-refractivity contribution in [1.29, 1.82) is 0 Å². The lowest BCUT2D eigenvalue weighted by Crippen LogP contribution is -2.49. The molecule has 3 fully saturated rings. The number of likely N-dealkylation sites (tertiary alicyclic amines) is 1. The van der Waals surface area contributed by atoms with E-state index in [2.05, 4.69) is 4.90 Å². The molecule has 0 aliphatic carbocycles. The molecule has 3 saturated heterocycles. The number of carbonyl (C=O) groups is 2. The molecule has 0 N–H and O–H groups in total. The van der Waals surface area contributed by atoms with Gasteiger partial charge in [-0.2, -0.15) is 0 Å². The Morgan fingerprint density at radius 2 is 1.46 bits per heavy atom. The molecule has 1 atom stereocenters. The second-order valence-electron chi connectivity index (χ2n) is 7.67. The summed E-state index contributed by atoms with van der Waals surface area (Å²) in [7, 11) is 0. The van der Waals surface area contributed by atoms with Gasteiger partial charge >= 0.3 is 0 Å². The van der Waals surface area contributed by atoms with E-state index in [9.17, 15) is 9.59 Å². The molecule has 28 heavy (non-hydrogen) atoms. The van der Waals surface area contributed by atoms with Crippen LogP contribution < -0.4 is 4.90 Å². The molecule has 2 amide bonds. The predicted octanol–water partition coefficient (Wildman–Crippen LogP) is 1.23. The SMILES string of the molecule is O=C(c1ccc(N2CCOCC2)cc1)N1CCCC(C(=O)N2CCOCC2)C1. The number of carbonyl (C=O) groups excluding carboxylic acids is 2. The Morgan fingerprint density at radius 1 is 0.821 bits per heavy atom. The number of anilines is 1. The summed E-state index contributed by atoms with van der Waals surface area (Å²) in [6.45, 7) is 7.01. The van der Waals surface area contributed by atoms with Crippen LogP contribution in [0.15, 0.2) is 24.3 Å². The second-order valence-corrected chi connectivity index (χ2v) is 7.67. The van der Waals surface area contributed by atoms with Gasteiger partial charge < -0.3 is 24.2 Å². The monoisotopic (exact) mass is 387 g/mol. The van der Waals surface area contributed by atoms with Crippen LogP contribution in [0.25, 0.3) is 0 Å². The number of ether oxygens (including phenoxy) is 2. The first kappa shape index (κ1) is 19.2. The zero-order chi connectivity index (χ0) is 19.3. The van der Waals surface area contributed by atoms with Crippen LogP contribution >= 0.6 is 0 Å². The lowest BCUT2D eigenvalue weighted by molar-refractivity contribution is -0.141. The molecule has 0 saturated carbocycles. The van der Waals surface area contributed by atoms with Gasteiger partial charge in [0.15, 0.2) is 0 Å². The third-order valence-electron chi connectivity index (χ3n) is 5.87. The van der Waals surface area contributed by atoms with Crippen molar-refractivity contribution in [2.24, 2.45) is 5.92 Å². The van der Waals surface area contributed by atoms with Crippen molar-refractivity contribution in [3.8, 4) is 0 Å². The number of benzene rings is 1. The maximum absolute atomic E-state index is 13.0. The van der Waals surface area contributed by atoms with Gasteiger partial charge in [-0.25, -0.2) is 0 Å². The molecular weight excluding hydrogens is 358 g/mol. The molecule has 0 bridgehead atoms. The Kier molecular flexibility index (Phi) is 6.12. The van der Waals surface area contributed by atoms with Crippen LogP contribution in [0.2, 0.25) is 0 Å². The predicted molar refractivity (Wildman–Crippen MR) is 106 cm³/mol. The fourth-order valence-electron chi connectivity index (χ4n) is 4.22. The van der Waals surface area contributed by atoms with Crippen LogP contribution in [0.4, 0.5) is 5.69 Å². The molecular formula is C21H29N3O4. The smallest absolute Gasteiger partial charge is 0.253 e. The average molecular weight is 387 g/mol. The normalized spacial score (nSPS) is 23.6. The van der Waals surface area contributed by atoms with Gasteiger partial charge in [-0.3, -0.25) is 9.59 Å². The maximum atomic E-state index is 13.0. The van der Waals surface area contributed by atoms with Crippen LogP contribution in [0, 0.1) is 5.92 Å². The minimum absolute atomic E-state index is 0.0213. The van der Waals surface area contributed by atoms with E-state index in [1.165, 1.54) is 0 Å². The zero-order valence-corrected chi connectivity index (χ0v) is 16.3. The summed E-state index contributed by atoms with van der Waals surface area (Å²) < 4.78 is 10.7. The molecule has 0 radical (unpaired) electrons. The summed E-state index contributed by atoms with van der Waals surface area (Å²) in [5.74, 6) is 0.0971. The number of morpholine rings is 2. The van der Waals surface area contributed by atoms with Crippen LogP contribution in [-0.2, 0) is 14.3 Å². The summed E-state index contributed by atoms with van der Waals surface area (Å²) in [6, 6.07) is 7.83. The summed E-state index contributed by atoms with van der Waals surface area (Å²) in [4.78, 5) is 31.8. The van der Waals surface area contributed by atoms with Crippen molar-refractivity contribution in [1.82, 2.24) is 9.80 Å². The molecule has 0 aromatic heterocycles. The number of hydrogen-bond acceptors (Lipinski definition) is 5. The summed E-state index contributed by atoms with van der Waals surface area (Å²) in [5.41, 5.74) is 1.82. The van der Waals surface area contributed by atoms with Gasteiger partial charge in [-0.1, -0.05) is 0 Å². The lowest BCUT2D eigenvalue weighted by Gasteiger charge is -2.36. The zero-order valence-electron chi connectivity index (χ0n) is 16.3. The van der Waals surface area contributed by atoms with Crippen LogP contribution in [0.1, 0.15) is 23.2 Å². The van der Waals surface area contributed by atoms with Crippen molar-refractivity contribution >= 4 is 17.5 Å². The topological polar surface area (TPSA) is 62.3 Å². The molecule has 152 valence electrons. The van der Waals surface area contributed by atoms with E-state index in [1.54, 1.807) is 0 Å². The maximum Gasteiger partial charge on any atom is 0.253 e. The lowest BCUT2D eigenvalue weighted by atomic mass is 9.95. The Bertz CT molecular complexity index is 681. The molecule has 1 aromatic rings. The van der Waals surface area contributed by atoms with E-state index in [-0.39, 0.29) is 17.7 Å². The Labute approximate surface area is 166 Å². The highest BCUT2D eigenvalue weighted by atomic mass is 16.5. The van der Waals surface area contributed by atoms with E-state index in [4.69, 9.17) is 9.47 Å². The first-order valence-corrected chi connectivity index (χ1v) is 10.3. The highest BCUT2D eigenvalue weighted by molar-refractivity contribution is 5.95. The third-order valence-corrected chi connectivity index (χ3v) is 5.87. The quantitative estimate of drug-likeness (QED) is 0.781.